The Morgan fingerprint density at radius 1 is 0.500 bits per heavy atom. The van der Waals surface area contributed by atoms with Gasteiger partial charge in [-0.15, -0.1) is 0 Å². The molecule has 7 rings (SSSR count). The molecule has 0 saturated carbocycles. The van der Waals surface area contributed by atoms with E-state index in [9.17, 15) is 0 Å². The standard InChI is InChI=1S/C33H24Si/c1-23-22-24-20-21-31-33(32(24)28-17-9-8-16-27(23)28)29-18-10-11-19-30(29)34(31,25-12-4-2-5-13-25)26-14-6-3-7-15-26/h2-22H,1H3. The lowest BCUT2D eigenvalue weighted by Crippen LogP contribution is -2.72. The second-order valence-electron chi connectivity index (χ2n) is 9.35. The summed E-state index contributed by atoms with van der Waals surface area (Å²) >= 11 is 0. The van der Waals surface area contributed by atoms with Gasteiger partial charge < -0.3 is 0 Å². The zero-order valence-corrected chi connectivity index (χ0v) is 20.1. The molecule has 0 unspecified atom stereocenters. The monoisotopic (exact) mass is 448 g/mol. The number of fused-ring (bicyclic) bond motifs is 7. The molecule has 0 aromatic heterocycles. The summed E-state index contributed by atoms with van der Waals surface area (Å²) in [5.74, 6) is 0. The molecule has 0 saturated heterocycles. The van der Waals surface area contributed by atoms with Crippen molar-refractivity contribution in [2.45, 2.75) is 6.92 Å². The van der Waals surface area contributed by atoms with Gasteiger partial charge in [0.15, 0.2) is 8.07 Å². The summed E-state index contributed by atoms with van der Waals surface area (Å²) in [5, 5.41) is 11.3. The number of rotatable bonds is 2. The van der Waals surface area contributed by atoms with E-state index in [1.807, 2.05) is 0 Å². The minimum absolute atomic E-state index is 1.33. The highest BCUT2D eigenvalue weighted by atomic mass is 28.3. The van der Waals surface area contributed by atoms with Crippen molar-refractivity contribution >= 4 is 50.4 Å². The van der Waals surface area contributed by atoms with Crippen LogP contribution in [0.4, 0.5) is 0 Å². The highest BCUT2D eigenvalue weighted by molar-refractivity contribution is 7.22. The average Bonchev–Trinajstić information content (AvgIpc) is 3.21. The second kappa shape index (κ2) is 7.28. The maximum atomic E-state index is 2.44. The van der Waals surface area contributed by atoms with E-state index in [4.69, 9.17) is 0 Å². The summed E-state index contributed by atoms with van der Waals surface area (Å²) in [7, 11) is -2.44. The zero-order valence-electron chi connectivity index (χ0n) is 19.1. The fourth-order valence-electron chi connectivity index (χ4n) is 6.32. The van der Waals surface area contributed by atoms with Crippen LogP contribution in [0.2, 0.25) is 0 Å². The molecular formula is C33H24Si. The van der Waals surface area contributed by atoms with Crippen LogP contribution in [-0.2, 0) is 0 Å². The number of aryl methyl sites for hydroxylation is 1. The summed E-state index contributed by atoms with van der Waals surface area (Å²) in [4.78, 5) is 0. The zero-order chi connectivity index (χ0) is 22.7. The van der Waals surface area contributed by atoms with Gasteiger partial charge in [0.25, 0.3) is 0 Å². The van der Waals surface area contributed by atoms with Gasteiger partial charge >= 0.3 is 0 Å². The smallest absolute Gasteiger partial charge is 0.0623 e. The van der Waals surface area contributed by atoms with E-state index < -0.39 is 8.07 Å². The Morgan fingerprint density at radius 2 is 1.09 bits per heavy atom. The second-order valence-corrected chi connectivity index (χ2v) is 13.1. The fraction of sp³-hybridized carbons (Fsp3) is 0.0303. The summed E-state index contributed by atoms with van der Waals surface area (Å²) < 4.78 is 0. The van der Waals surface area contributed by atoms with E-state index >= 15 is 0 Å². The topological polar surface area (TPSA) is 0 Å². The minimum Gasteiger partial charge on any atom is -0.0623 e. The van der Waals surface area contributed by atoms with Gasteiger partial charge in [0.2, 0.25) is 0 Å². The average molecular weight is 449 g/mol. The van der Waals surface area contributed by atoms with Crippen LogP contribution in [-0.4, -0.2) is 8.07 Å². The fourth-order valence-corrected chi connectivity index (χ4v) is 11.5. The molecule has 0 bridgehead atoms. The Bertz CT molecular complexity index is 1660. The van der Waals surface area contributed by atoms with Crippen molar-refractivity contribution in [2.24, 2.45) is 0 Å². The molecule has 0 amide bonds. The molecule has 6 aromatic rings. The van der Waals surface area contributed by atoms with E-state index in [2.05, 4.69) is 134 Å². The number of hydrogen-bond acceptors (Lipinski definition) is 0. The van der Waals surface area contributed by atoms with Crippen LogP contribution in [0.3, 0.4) is 0 Å². The first-order valence-electron chi connectivity index (χ1n) is 12.0. The van der Waals surface area contributed by atoms with Gasteiger partial charge in [-0.2, -0.15) is 0 Å². The Hall–Kier alpha value is -3.94. The highest BCUT2D eigenvalue weighted by Gasteiger charge is 2.49. The molecule has 0 aliphatic carbocycles. The van der Waals surface area contributed by atoms with Crippen molar-refractivity contribution in [3.8, 4) is 11.1 Å². The molecule has 34 heavy (non-hydrogen) atoms. The van der Waals surface area contributed by atoms with Crippen molar-refractivity contribution in [1.29, 1.82) is 0 Å². The van der Waals surface area contributed by atoms with Crippen molar-refractivity contribution in [2.75, 3.05) is 0 Å². The lowest BCUT2D eigenvalue weighted by Gasteiger charge is -2.31. The third-order valence-electron chi connectivity index (χ3n) is 7.65. The Kier molecular flexibility index (Phi) is 4.18. The minimum atomic E-state index is -2.44. The SMILES string of the molecule is Cc1cc2ccc3c(c2c2ccccc12)-c1ccccc1[Si]3(c1ccccc1)c1ccccc1. The quantitative estimate of drug-likeness (QED) is 0.236. The Labute approximate surface area is 201 Å². The van der Waals surface area contributed by atoms with Crippen LogP contribution < -0.4 is 20.7 Å². The Morgan fingerprint density at radius 3 is 1.79 bits per heavy atom. The van der Waals surface area contributed by atoms with Gasteiger partial charge in [-0.1, -0.05) is 127 Å². The molecule has 0 nitrogen and oxygen atoms in total. The van der Waals surface area contributed by atoms with Crippen LogP contribution >= 0.6 is 0 Å². The van der Waals surface area contributed by atoms with Crippen molar-refractivity contribution in [1.82, 2.24) is 0 Å². The van der Waals surface area contributed by atoms with Crippen LogP contribution in [0, 0.1) is 6.92 Å². The van der Waals surface area contributed by atoms with Gasteiger partial charge in [0.05, 0.1) is 0 Å². The van der Waals surface area contributed by atoms with E-state index in [-0.39, 0.29) is 0 Å². The van der Waals surface area contributed by atoms with Crippen molar-refractivity contribution < 1.29 is 0 Å². The summed E-state index contributed by atoms with van der Waals surface area (Å²) in [6.45, 7) is 2.23. The predicted octanol–water partition coefficient (Wildman–Crippen LogP) is 5.66. The first-order chi connectivity index (χ1) is 16.8. The largest absolute Gasteiger partial charge is 0.180 e. The maximum Gasteiger partial charge on any atom is 0.180 e. The molecule has 0 spiro atoms. The summed E-state index contributed by atoms with van der Waals surface area (Å²) in [6, 6.07) is 47.7. The van der Waals surface area contributed by atoms with Crippen molar-refractivity contribution in [3.63, 3.8) is 0 Å². The molecule has 0 fully saturated rings. The Balaban J connectivity index is 1.74. The first kappa shape index (κ1) is 19.5. The van der Waals surface area contributed by atoms with Crippen LogP contribution in [0.1, 0.15) is 5.56 Å². The molecule has 0 atom stereocenters. The van der Waals surface area contributed by atoms with Gasteiger partial charge in [0.1, 0.15) is 0 Å². The molecule has 1 aliphatic heterocycles. The lowest BCUT2D eigenvalue weighted by atomic mass is 9.92. The summed E-state index contributed by atoms with van der Waals surface area (Å²) in [6.07, 6.45) is 0. The van der Waals surface area contributed by atoms with E-state index in [0.717, 1.165) is 0 Å². The normalized spacial score (nSPS) is 13.7. The molecular weight excluding hydrogens is 424 g/mol. The molecule has 6 aromatic carbocycles. The maximum absolute atomic E-state index is 2.44. The van der Waals surface area contributed by atoms with Crippen LogP contribution in [0.15, 0.2) is 127 Å². The molecule has 1 aliphatic rings. The van der Waals surface area contributed by atoms with Gasteiger partial charge in [0, 0.05) is 0 Å². The van der Waals surface area contributed by atoms with E-state index in [1.165, 1.54) is 59.0 Å². The number of hydrogen-bond donors (Lipinski definition) is 0. The first-order valence-corrected chi connectivity index (χ1v) is 14.0. The molecule has 1 heteroatoms. The molecule has 0 N–H and O–H groups in total. The third kappa shape index (κ3) is 2.48. The lowest BCUT2D eigenvalue weighted by molar-refractivity contribution is 1.56. The van der Waals surface area contributed by atoms with Crippen LogP contribution in [0.25, 0.3) is 32.7 Å². The van der Waals surface area contributed by atoms with Gasteiger partial charge in [-0.05, 0) is 65.9 Å². The molecule has 0 radical (unpaired) electrons. The summed E-state index contributed by atoms with van der Waals surface area (Å²) in [5.41, 5.74) is 4.17. The highest BCUT2D eigenvalue weighted by Crippen LogP contribution is 2.39. The van der Waals surface area contributed by atoms with Gasteiger partial charge in [-0.3, -0.25) is 0 Å². The van der Waals surface area contributed by atoms with Gasteiger partial charge in [-0.25, -0.2) is 0 Å². The molecule has 1 heterocycles. The third-order valence-corrected chi connectivity index (χ3v) is 12.5. The van der Waals surface area contributed by atoms with Crippen LogP contribution in [0.5, 0.6) is 0 Å². The number of benzene rings is 6. The van der Waals surface area contributed by atoms with E-state index in [1.54, 1.807) is 0 Å². The van der Waals surface area contributed by atoms with E-state index in [0.29, 0.717) is 0 Å². The predicted molar refractivity (Wildman–Crippen MR) is 149 cm³/mol. The van der Waals surface area contributed by atoms with Crippen molar-refractivity contribution in [3.05, 3.63) is 133 Å². The molecule has 160 valence electrons.